The normalized spacial score (nSPS) is 13.9. The van der Waals surface area contributed by atoms with Gasteiger partial charge in [0.1, 0.15) is 6.61 Å². The first-order chi connectivity index (χ1) is 21.1. The Bertz CT molecular complexity index is 674. The smallest absolute Gasteiger partial charge is 0.330 e. The molecule has 0 aliphatic rings. The van der Waals surface area contributed by atoms with Gasteiger partial charge in [-0.25, -0.2) is 0 Å². The minimum atomic E-state index is -2.14. The van der Waals surface area contributed by atoms with E-state index in [1.807, 2.05) is 0 Å². The van der Waals surface area contributed by atoms with Crippen molar-refractivity contribution in [2.24, 2.45) is 17.1 Å². The predicted octanol–water partition coefficient (Wildman–Crippen LogP) is 9.55. The quantitative estimate of drug-likeness (QED) is 0.0434. The summed E-state index contributed by atoms with van der Waals surface area (Å²) in [5.74, 6) is 0.188. The van der Waals surface area contributed by atoms with Crippen molar-refractivity contribution in [1.29, 1.82) is 0 Å². The van der Waals surface area contributed by atoms with Crippen LogP contribution in [0.3, 0.4) is 0 Å². The third kappa shape index (κ3) is 31.2. The van der Waals surface area contributed by atoms with E-state index in [4.69, 9.17) is 24.3 Å². The van der Waals surface area contributed by atoms with Crippen LogP contribution in [-0.2, 0) is 28.1 Å². The van der Waals surface area contributed by atoms with E-state index in [-0.39, 0.29) is 38.3 Å². The molecule has 0 heterocycles. The predicted molar refractivity (Wildman–Crippen MR) is 182 cm³/mol. The summed E-state index contributed by atoms with van der Waals surface area (Å²) in [6, 6.07) is 0. The maximum absolute atomic E-state index is 12.5. The Balaban J connectivity index is 4.16. The van der Waals surface area contributed by atoms with Crippen LogP contribution in [-0.4, -0.2) is 49.3 Å². The second-order valence-electron chi connectivity index (χ2n) is 13.7. The zero-order valence-electron chi connectivity index (χ0n) is 29.3. The fourth-order valence-corrected chi connectivity index (χ4v) is 5.58. The van der Waals surface area contributed by atoms with Crippen LogP contribution >= 0.6 is 8.60 Å². The number of esters is 2. The molecule has 0 amide bonds. The van der Waals surface area contributed by atoms with Gasteiger partial charge in [-0.15, -0.1) is 0 Å². The summed E-state index contributed by atoms with van der Waals surface area (Å²) in [5, 5.41) is 0. The topological polar surface area (TPSA) is 117 Å². The van der Waals surface area contributed by atoms with Crippen molar-refractivity contribution >= 4 is 20.5 Å². The molecule has 0 spiro atoms. The molecule has 44 heavy (non-hydrogen) atoms. The molecular formula is C35H70NO7P. The van der Waals surface area contributed by atoms with E-state index in [0.29, 0.717) is 18.3 Å². The molecule has 262 valence electrons. The largest absolute Gasteiger partial charge is 0.462 e. The Hall–Kier alpha value is -0.790. The number of nitrogens with two attached hydrogens (primary N) is 1. The number of ether oxygens (including phenoxy) is 2. The first kappa shape index (κ1) is 43.2. The van der Waals surface area contributed by atoms with Gasteiger partial charge in [-0.1, -0.05) is 137 Å². The van der Waals surface area contributed by atoms with Crippen LogP contribution in [0.15, 0.2) is 0 Å². The van der Waals surface area contributed by atoms with Crippen molar-refractivity contribution in [2.75, 3.05) is 26.4 Å². The summed E-state index contributed by atoms with van der Waals surface area (Å²) >= 11 is 0. The molecule has 0 radical (unpaired) electrons. The van der Waals surface area contributed by atoms with Gasteiger partial charge < -0.3 is 29.1 Å². The molecule has 0 aromatic carbocycles. The Morgan fingerprint density at radius 3 is 1.75 bits per heavy atom. The van der Waals surface area contributed by atoms with Gasteiger partial charge >= 0.3 is 20.5 Å². The van der Waals surface area contributed by atoms with Gasteiger partial charge in [0.25, 0.3) is 0 Å². The van der Waals surface area contributed by atoms with Gasteiger partial charge in [0.2, 0.25) is 0 Å². The Morgan fingerprint density at radius 2 is 1.23 bits per heavy atom. The Morgan fingerprint density at radius 1 is 0.727 bits per heavy atom. The fraction of sp³-hybridized carbons (Fsp3) is 0.943. The highest BCUT2D eigenvalue weighted by atomic mass is 31.2. The van der Waals surface area contributed by atoms with E-state index in [1.165, 1.54) is 83.5 Å². The number of hydrogen-bond acceptors (Lipinski definition) is 8. The molecule has 0 saturated carbocycles. The minimum Gasteiger partial charge on any atom is -0.462 e. The summed E-state index contributed by atoms with van der Waals surface area (Å²) in [7, 11) is -2.14. The summed E-state index contributed by atoms with van der Waals surface area (Å²) in [6.07, 6.45) is 22.3. The molecule has 2 unspecified atom stereocenters. The second-order valence-corrected chi connectivity index (χ2v) is 14.7. The van der Waals surface area contributed by atoms with Gasteiger partial charge in [0.05, 0.1) is 13.2 Å². The van der Waals surface area contributed by atoms with Crippen molar-refractivity contribution in [3.05, 3.63) is 0 Å². The number of hydrogen-bond donors (Lipinski definition) is 2. The van der Waals surface area contributed by atoms with Crippen LogP contribution in [0.2, 0.25) is 0 Å². The van der Waals surface area contributed by atoms with Crippen molar-refractivity contribution in [2.45, 2.75) is 176 Å². The fourth-order valence-electron chi connectivity index (χ4n) is 4.95. The number of carbonyl (C=O) groups excluding carboxylic acids is 2. The van der Waals surface area contributed by atoms with Gasteiger partial charge in [-0.05, 0) is 30.6 Å². The average molecular weight is 648 g/mol. The van der Waals surface area contributed by atoms with Crippen molar-refractivity contribution in [3.63, 3.8) is 0 Å². The van der Waals surface area contributed by atoms with E-state index in [9.17, 15) is 14.5 Å². The molecular weight excluding hydrogens is 577 g/mol. The highest BCUT2D eigenvalue weighted by molar-refractivity contribution is 7.40. The summed E-state index contributed by atoms with van der Waals surface area (Å²) < 4.78 is 21.3. The van der Waals surface area contributed by atoms with Crippen LogP contribution in [0.5, 0.6) is 0 Å². The van der Waals surface area contributed by atoms with Crippen molar-refractivity contribution < 1.29 is 33.0 Å². The number of carbonyl (C=O) groups is 2. The molecule has 3 atom stereocenters. The maximum atomic E-state index is 12.5. The number of rotatable bonds is 31. The molecule has 0 saturated heterocycles. The molecule has 9 heteroatoms. The molecule has 0 rings (SSSR count). The van der Waals surface area contributed by atoms with Gasteiger partial charge in [-0.2, -0.15) is 0 Å². The molecule has 0 aliphatic carbocycles. The third-order valence-corrected chi connectivity index (χ3v) is 8.77. The first-order valence-electron chi connectivity index (χ1n) is 17.9. The lowest BCUT2D eigenvalue weighted by Crippen LogP contribution is -2.29. The highest BCUT2D eigenvalue weighted by Crippen LogP contribution is 2.32. The van der Waals surface area contributed by atoms with Gasteiger partial charge in [0, 0.05) is 19.4 Å². The van der Waals surface area contributed by atoms with Crippen LogP contribution in [0.4, 0.5) is 0 Å². The van der Waals surface area contributed by atoms with E-state index in [2.05, 4.69) is 34.6 Å². The monoisotopic (exact) mass is 647 g/mol. The lowest BCUT2D eigenvalue weighted by atomic mass is 9.89. The molecule has 0 aromatic heterocycles. The second kappa shape index (κ2) is 29.6. The summed E-state index contributed by atoms with van der Waals surface area (Å²) in [5.41, 5.74) is 5.82. The molecule has 0 bridgehead atoms. The zero-order chi connectivity index (χ0) is 32.9. The lowest BCUT2D eigenvalue weighted by molar-refractivity contribution is -0.161. The molecule has 0 fully saturated rings. The SMILES string of the molecule is CCC(C)CCCCCCCCCCC(=O)O[C@@H](COC(=O)CCCCCCCCCCC(C)(C)C)COP(O)OCCN. The van der Waals surface area contributed by atoms with Gasteiger partial charge in [0.15, 0.2) is 6.10 Å². The van der Waals surface area contributed by atoms with E-state index in [1.54, 1.807) is 0 Å². The van der Waals surface area contributed by atoms with Crippen molar-refractivity contribution in [1.82, 2.24) is 0 Å². The molecule has 3 N–H and O–H groups in total. The van der Waals surface area contributed by atoms with Crippen LogP contribution in [0.25, 0.3) is 0 Å². The van der Waals surface area contributed by atoms with E-state index < -0.39 is 14.7 Å². The van der Waals surface area contributed by atoms with E-state index >= 15 is 0 Å². The first-order valence-corrected chi connectivity index (χ1v) is 19.0. The molecule has 0 aromatic rings. The van der Waals surface area contributed by atoms with Crippen LogP contribution in [0, 0.1) is 11.3 Å². The highest BCUT2D eigenvalue weighted by Gasteiger charge is 2.20. The van der Waals surface area contributed by atoms with E-state index in [0.717, 1.165) is 44.4 Å². The summed E-state index contributed by atoms with van der Waals surface area (Å²) in [4.78, 5) is 34.7. The maximum Gasteiger partial charge on any atom is 0.330 e. The minimum absolute atomic E-state index is 0.101. The molecule has 8 nitrogen and oxygen atoms in total. The van der Waals surface area contributed by atoms with Crippen LogP contribution < -0.4 is 5.73 Å². The average Bonchev–Trinajstić information content (AvgIpc) is 2.98. The summed E-state index contributed by atoms with van der Waals surface area (Å²) in [6.45, 7) is 11.7. The van der Waals surface area contributed by atoms with Crippen molar-refractivity contribution in [3.8, 4) is 0 Å². The number of unbranched alkanes of at least 4 members (excludes halogenated alkanes) is 14. The third-order valence-electron chi connectivity index (χ3n) is 8.00. The lowest BCUT2D eigenvalue weighted by Gasteiger charge is -2.19. The van der Waals surface area contributed by atoms with Crippen LogP contribution in [0.1, 0.15) is 169 Å². The van der Waals surface area contributed by atoms with Gasteiger partial charge in [-0.3, -0.25) is 9.59 Å². The Labute approximate surface area is 272 Å². The zero-order valence-corrected chi connectivity index (χ0v) is 30.1. The Kier molecular flexibility index (Phi) is 29.1. The molecule has 0 aliphatic heterocycles. The standard InChI is InChI=1S/C35H70NO7P/c1-6-31(2)23-19-15-11-7-8-13-17-21-25-34(38)43-32(30-42-44(39)41-28-27-36)29-40-33(37)24-20-16-12-9-10-14-18-22-26-35(3,4)5/h31-32,39H,6-30,36H2,1-5H3/t31?,32-,44?/m0/s1.